The van der Waals surface area contributed by atoms with E-state index in [0.717, 1.165) is 0 Å². The SMILES string of the molecule is C=C(C)C(=O)C(C)O[Si](CCO)(OCC)OCC. The van der Waals surface area contributed by atoms with E-state index in [1.165, 1.54) is 0 Å². The number of hydrogen-bond donors (Lipinski definition) is 1. The number of hydrogen-bond acceptors (Lipinski definition) is 5. The first-order valence-electron chi connectivity index (χ1n) is 6.18. The van der Waals surface area contributed by atoms with Crippen LogP contribution >= 0.6 is 0 Å². The first kappa shape index (κ1) is 17.5. The molecule has 0 spiro atoms. The molecule has 0 rings (SSSR count). The zero-order valence-corrected chi connectivity index (χ0v) is 12.7. The first-order chi connectivity index (χ1) is 8.42. The minimum Gasteiger partial charge on any atom is -0.396 e. The molecule has 1 atom stereocenters. The Bertz CT molecular complexity index is 263. The Kier molecular flexibility index (Phi) is 8.30. The zero-order valence-electron chi connectivity index (χ0n) is 11.7. The average molecular weight is 276 g/mol. The third-order valence-corrected chi connectivity index (χ3v) is 5.30. The predicted molar refractivity (Wildman–Crippen MR) is 71.3 cm³/mol. The van der Waals surface area contributed by atoms with E-state index in [9.17, 15) is 4.79 Å². The molecule has 0 aromatic heterocycles. The average Bonchev–Trinajstić information content (AvgIpc) is 2.28. The van der Waals surface area contributed by atoms with Crippen LogP contribution < -0.4 is 0 Å². The molecule has 106 valence electrons. The number of aliphatic hydroxyl groups is 1. The minimum absolute atomic E-state index is 0.0970. The second kappa shape index (κ2) is 8.55. The highest BCUT2D eigenvalue weighted by atomic mass is 28.4. The van der Waals surface area contributed by atoms with Gasteiger partial charge in [0.1, 0.15) is 6.10 Å². The van der Waals surface area contributed by atoms with Gasteiger partial charge in [-0.05, 0) is 33.3 Å². The lowest BCUT2D eigenvalue weighted by atomic mass is 10.1. The zero-order chi connectivity index (χ0) is 14.2. The molecule has 0 amide bonds. The topological polar surface area (TPSA) is 65.0 Å². The van der Waals surface area contributed by atoms with Crippen LogP contribution in [0.3, 0.4) is 0 Å². The van der Waals surface area contributed by atoms with E-state index in [0.29, 0.717) is 18.8 Å². The van der Waals surface area contributed by atoms with Crippen LogP contribution in [0.5, 0.6) is 0 Å². The van der Waals surface area contributed by atoms with E-state index >= 15 is 0 Å². The van der Waals surface area contributed by atoms with Gasteiger partial charge < -0.3 is 18.4 Å². The Morgan fingerprint density at radius 3 is 2.17 bits per heavy atom. The van der Waals surface area contributed by atoms with Gasteiger partial charge in [-0.25, -0.2) is 0 Å². The van der Waals surface area contributed by atoms with Gasteiger partial charge in [0.2, 0.25) is 0 Å². The van der Waals surface area contributed by atoms with E-state index < -0.39 is 14.9 Å². The molecule has 5 nitrogen and oxygen atoms in total. The summed E-state index contributed by atoms with van der Waals surface area (Å²) in [5.74, 6) is -0.177. The summed E-state index contributed by atoms with van der Waals surface area (Å²) in [6.07, 6.45) is -0.668. The summed E-state index contributed by atoms with van der Waals surface area (Å²) in [6.45, 7) is 11.3. The number of carbonyl (C=O) groups is 1. The number of Topliss-reactive ketones (excluding diaryl/α,β-unsaturated/α-hetero) is 1. The normalized spacial score (nSPS) is 13.4. The van der Waals surface area contributed by atoms with Crippen LogP contribution in [0.4, 0.5) is 0 Å². The van der Waals surface area contributed by atoms with Crippen LogP contribution in [0.15, 0.2) is 12.2 Å². The molecular weight excluding hydrogens is 252 g/mol. The monoisotopic (exact) mass is 276 g/mol. The molecule has 0 heterocycles. The number of ketones is 1. The molecular formula is C12H24O5Si. The van der Waals surface area contributed by atoms with Crippen molar-refractivity contribution in [3.8, 4) is 0 Å². The summed E-state index contributed by atoms with van der Waals surface area (Å²) >= 11 is 0. The summed E-state index contributed by atoms with van der Waals surface area (Å²) in [6, 6.07) is 0.280. The van der Waals surface area contributed by atoms with Crippen molar-refractivity contribution >= 4 is 14.6 Å². The Hall–Kier alpha value is -0.533. The molecule has 0 aliphatic heterocycles. The molecule has 1 N–H and O–H groups in total. The van der Waals surface area contributed by atoms with E-state index in [-0.39, 0.29) is 18.4 Å². The van der Waals surface area contributed by atoms with Crippen LogP contribution in [0.2, 0.25) is 6.04 Å². The second-order valence-electron chi connectivity index (χ2n) is 3.93. The number of aliphatic hydroxyl groups excluding tert-OH is 1. The molecule has 0 saturated heterocycles. The van der Waals surface area contributed by atoms with E-state index in [2.05, 4.69) is 6.58 Å². The van der Waals surface area contributed by atoms with Crippen molar-refractivity contribution in [3.63, 3.8) is 0 Å². The molecule has 1 unspecified atom stereocenters. The van der Waals surface area contributed by atoms with Gasteiger partial charge in [0, 0.05) is 25.9 Å². The smallest absolute Gasteiger partial charge is 0.396 e. The largest absolute Gasteiger partial charge is 0.503 e. The summed E-state index contributed by atoms with van der Waals surface area (Å²) in [4.78, 5) is 11.8. The Morgan fingerprint density at radius 1 is 1.33 bits per heavy atom. The molecule has 0 radical (unpaired) electrons. The van der Waals surface area contributed by atoms with Gasteiger partial charge in [-0.1, -0.05) is 6.58 Å². The lowest BCUT2D eigenvalue weighted by Gasteiger charge is -2.30. The third-order valence-electron chi connectivity index (χ3n) is 2.29. The van der Waals surface area contributed by atoms with Crippen molar-refractivity contribution in [2.24, 2.45) is 0 Å². The van der Waals surface area contributed by atoms with Crippen LogP contribution in [0.25, 0.3) is 0 Å². The highest BCUT2D eigenvalue weighted by Gasteiger charge is 2.43. The molecule has 0 saturated carbocycles. The third kappa shape index (κ3) is 5.41. The van der Waals surface area contributed by atoms with Gasteiger partial charge in [0.05, 0.1) is 0 Å². The van der Waals surface area contributed by atoms with Crippen molar-refractivity contribution in [1.29, 1.82) is 0 Å². The quantitative estimate of drug-likeness (QED) is 0.484. The van der Waals surface area contributed by atoms with Crippen LogP contribution in [-0.2, 0) is 18.1 Å². The van der Waals surface area contributed by atoms with Crippen LogP contribution in [0.1, 0.15) is 27.7 Å². The van der Waals surface area contributed by atoms with E-state index in [1.54, 1.807) is 13.8 Å². The summed E-state index contributed by atoms with van der Waals surface area (Å²) in [7, 11) is -2.98. The van der Waals surface area contributed by atoms with Gasteiger partial charge in [0.25, 0.3) is 0 Å². The summed E-state index contributed by atoms with van der Waals surface area (Å²) < 4.78 is 16.8. The maximum Gasteiger partial charge on any atom is 0.503 e. The molecule has 0 aliphatic rings. The molecule has 0 aliphatic carbocycles. The molecule has 18 heavy (non-hydrogen) atoms. The standard InChI is InChI=1S/C12H24O5Si/c1-6-15-18(9-8-13,16-7-2)17-11(5)12(14)10(3)4/h11,13H,3,6-9H2,1-2,4-5H3. The van der Waals surface area contributed by atoms with Crippen molar-refractivity contribution in [2.45, 2.75) is 39.8 Å². The van der Waals surface area contributed by atoms with Crippen LogP contribution in [-0.4, -0.2) is 45.6 Å². The minimum atomic E-state index is -2.98. The van der Waals surface area contributed by atoms with Crippen molar-refractivity contribution in [3.05, 3.63) is 12.2 Å². The fourth-order valence-corrected chi connectivity index (χ4v) is 3.98. The second-order valence-corrected chi connectivity index (χ2v) is 6.61. The Labute approximate surface area is 110 Å². The van der Waals surface area contributed by atoms with Gasteiger partial charge in [-0.3, -0.25) is 4.79 Å². The van der Waals surface area contributed by atoms with Gasteiger partial charge >= 0.3 is 8.80 Å². The Balaban J connectivity index is 4.83. The van der Waals surface area contributed by atoms with Gasteiger partial charge in [0.15, 0.2) is 5.78 Å². The van der Waals surface area contributed by atoms with Gasteiger partial charge in [-0.2, -0.15) is 0 Å². The summed E-state index contributed by atoms with van der Waals surface area (Å²) in [5.41, 5.74) is 0.433. The predicted octanol–water partition coefficient (Wildman–Crippen LogP) is 1.54. The van der Waals surface area contributed by atoms with Gasteiger partial charge in [-0.15, -0.1) is 0 Å². The van der Waals surface area contributed by atoms with Crippen molar-refractivity contribution < 1.29 is 23.2 Å². The fourth-order valence-electron chi connectivity index (χ4n) is 1.56. The lowest BCUT2D eigenvalue weighted by molar-refractivity contribution is -0.123. The van der Waals surface area contributed by atoms with Crippen molar-refractivity contribution in [1.82, 2.24) is 0 Å². The molecule has 0 fully saturated rings. The molecule has 6 heteroatoms. The lowest BCUT2D eigenvalue weighted by Crippen LogP contribution is -2.50. The summed E-state index contributed by atoms with van der Waals surface area (Å²) in [5, 5.41) is 9.11. The first-order valence-corrected chi connectivity index (χ1v) is 8.11. The Morgan fingerprint density at radius 2 is 1.83 bits per heavy atom. The van der Waals surface area contributed by atoms with Crippen molar-refractivity contribution in [2.75, 3.05) is 19.8 Å². The maximum atomic E-state index is 11.8. The highest BCUT2D eigenvalue weighted by Crippen LogP contribution is 2.19. The highest BCUT2D eigenvalue weighted by molar-refractivity contribution is 6.61. The molecule has 0 bridgehead atoms. The van der Waals surface area contributed by atoms with E-state index in [4.69, 9.17) is 18.4 Å². The fraction of sp³-hybridized carbons (Fsp3) is 0.750. The molecule has 0 aromatic rings. The molecule has 0 aromatic carbocycles. The number of rotatable bonds is 10. The maximum absolute atomic E-state index is 11.8. The van der Waals surface area contributed by atoms with Crippen LogP contribution in [0, 0.1) is 0 Å². The van der Waals surface area contributed by atoms with E-state index in [1.807, 2.05) is 13.8 Å². The number of carbonyl (C=O) groups excluding carboxylic acids is 1.